The second kappa shape index (κ2) is 6.14. The lowest BCUT2D eigenvalue weighted by Crippen LogP contribution is -2.12. The van der Waals surface area contributed by atoms with Crippen LogP contribution in [0.25, 0.3) is 15.9 Å². The number of thiazole rings is 1. The molecule has 2 aromatic carbocycles. The maximum atomic E-state index is 12.3. The summed E-state index contributed by atoms with van der Waals surface area (Å²) in [5.74, 6) is -0.340. The summed E-state index contributed by atoms with van der Waals surface area (Å²) in [7, 11) is 0. The van der Waals surface area contributed by atoms with E-state index in [1.807, 2.05) is 48.5 Å². The molecule has 8 heteroatoms. The smallest absolute Gasteiger partial charge is 0.279 e. The van der Waals surface area contributed by atoms with E-state index in [1.165, 1.54) is 11.3 Å². The van der Waals surface area contributed by atoms with Gasteiger partial charge in [-0.3, -0.25) is 10.1 Å². The van der Waals surface area contributed by atoms with Gasteiger partial charge in [-0.1, -0.05) is 40.8 Å². The Bertz CT molecular complexity index is 1010. The number of hydrogen-bond donors (Lipinski definition) is 1. The van der Waals surface area contributed by atoms with E-state index in [9.17, 15) is 4.79 Å². The highest BCUT2D eigenvalue weighted by Gasteiger charge is 2.14. The number of hydrogen-bond acceptors (Lipinski definition) is 5. The van der Waals surface area contributed by atoms with Crippen LogP contribution < -0.4 is 5.32 Å². The van der Waals surface area contributed by atoms with Crippen LogP contribution in [-0.4, -0.2) is 25.9 Å². The lowest BCUT2D eigenvalue weighted by Gasteiger charge is -2.01. The quantitative estimate of drug-likeness (QED) is 0.566. The Morgan fingerprint density at radius 1 is 1.12 bits per heavy atom. The van der Waals surface area contributed by atoms with Crippen molar-refractivity contribution in [3.63, 3.8) is 0 Å². The van der Waals surface area contributed by atoms with E-state index < -0.39 is 0 Å². The van der Waals surface area contributed by atoms with Crippen molar-refractivity contribution >= 4 is 48.5 Å². The number of nitrogens with one attached hydrogen (secondary N) is 1. The average molecular weight is 400 g/mol. The van der Waals surface area contributed by atoms with Crippen LogP contribution in [0.1, 0.15) is 10.5 Å². The van der Waals surface area contributed by atoms with Crippen molar-refractivity contribution in [3.05, 3.63) is 64.9 Å². The normalized spacial score (nSPS) is 10.9. The number of carbonyl (C=O) groups excluding carboxylic acids is 1. The Kier molecular flexibility index (Phi) is 3.83. The summed E-state index contributed by atoms with van der Waals surface area (Å²) in [6.45, 7) is 0. The number of carbonyl (C=O) groups is 1. The van der Waals surface area contributed by atoms with E-state index in [0.717, 1.165) is 20.4 Å². The zero-order valence-electron chi connectivity index (χ0n) is 12.2. The summed E-state index contributed by atoms with van der Waals surface area (Å²) in [4.78, 5) is 16.7. The summed E-state index contributed by atoms with van der Waals surface area (Å²) < 4.78 is 3.44. The zero-order valence-corrected chi connectivity index (χ0v) is 14.6. The minimum atomic E-state index is -0.340. The fraction of sp³-hybridized carbons (Fsp3) is 0. The molecule has 6 nitrogen and oxygen atoms in total. The van der Waals surface area contributed by atoms with Crippen LogP contribution in [0.5, 0.6) is 0 Å². The number of para-hydroxylation sites is 2. The van der Waals surface area contributed by atoms with Crippen molar-refractivity contribution in [1.29, 1.82) is 0 Å². The lowest BCUT2D eigenvalue weighted by molar-refractivity contribution is 0.102. The van der Waals surface area contributed by atoms with Crippen LogP contribution in [0.4, 0.5) is 5.13 Å². The van der Waals surface area contributed by atoms with E-state index in [-0.39, 0.29) is 11.6 Å². The lowest BCUT2D eigenvalue weighted by atomic mass is 10.3. The molecule has 0 aliphatic heterocycles. The molecule has 4 rings (SSSR count). The highest BCUT2D eigenvalue weighted by Crippen LogP contribution is 2.25. The predicted molar refractivity (Wildman–Crippen MR) is 96.6 cm³/mol. The molecule has 2 aromatic heterocycles. The fourth-order valence-electron chi connectivity index (χ4n) is 2.21. The number of amides is 1. The summed E-state index contributed by atoms with van der Waals surface area (Å²) in [5.41, 5.74) is 1.89. The van der Waals surface area contributed by atoms with Crippen molar-refractivity contribution in [2.45, 2.75) is 0 Å². The second-order valence-corrected chi connectivity index (χ2v) is 6.83. The summed E-state index contributed by atoms with van der Waals surface area (Å²) in [5, 5.41) is 11.3. The third kappa shape index (κ3) is 2.81. The van der Waals surface area contributed by atoms with Crippen LogP contribution in [0.15, 0.2) is 59.2 Å². The topological polar surface area (TPSA) is 72.7 Å². The molecule has 0 atom stereocenters. The Morgan fingerprint density at radius 3 is 2.75 bits per heavy atom. The molecule has 0 saturated carbocycles. The number of aromatic nitrogens is 4. The Balaban J connectivity index is 1.58. The predicted octanol–water partition coefficient (Wildman–Crippen LogP) is 3.89. The van der Waals surface area contributed by atoms with Crippen LogP contribution in [0.3, 0.4) is 0 Å². The Morgan fingerprint density at radius 2 is 1.92 bits per heavy atom. The number of rotatable bonds is 3. The van der Waals surface area contributed by atoms with E-state index in [1.54, 1.807) is 10.9 Å². The summed E-state index contributed by atoms with van der Waals surface area (Å²) in [6.07, 6.45) is 1.59. The molecule has 0 unspecified atom stereocenters. The van der Waals surface area contributed by atoms with Crippen LogP contribution in [0.2, 0.25) is 0 Å². The highest BCUT2D eigenvalue weighted by atomic mass is 79.9. The van der Waals surface area contributed by atoms with Gasteiger partial charge in [0.05, 0.1) is 22.1 Å². The molecular formula is C16H10BrN5OS. The standard InChI is InChI=1S/C16H10BrN5OS/c17-10-5-1-3-7-13(10)22-9-12(20-21-22)15(23)19-16-18-11-6-2-4-8-14(11)24-16/h1-9H,(H,18,19,23). The largest absolute Gasteiger partial charge is 0.296 e. The Labute approximate surface area is 149 Å². The van der Waals surface area contributed by atoms with Gasteiger partial charge in [0.15, 0.2) is 10.8 Å². The van der Waals surface area contributed by atoms with Crippen molar-refractivity contribution in [2.75, 3.05) is 5.32 Å². The van der Waals surface area contributed by atoms with E-state index in [0.29, 0.717) is 5.13 Å². The van der Waals surface area contributed by atoms with Crippen molar-refractivity contribution in [2.24, 2.45) is 0 Å². The second-order valence-electron chi connectivity index (χ2n) is 4.94. The van der Waals surface area contributed by atoms with Crippen LogP contribution >= 0.6 is 27.3 Å². The monoisotopic (exact) mass is 399 g/mol. The van der Waals surface area contributed by atoms with Gasteiger partial charge in [-0.15, -0.1) is 5.10 Å². The van der Waals surface area contributed by atoms with E-state index in [2.05, 4.69) is 36.5 Å². The Hall–Kier alpha value is -2.58. The SMILES string of the molecule is O=C(Nc1nc2ccccc2s1)c1cn(-c2ccccc2Br)nn1. The third-order valence-electron chi connectivity index (χ3n) is 3.34. The number of benzene rings is 2. The minimum Gasteiger partial charge on any atom is -0.296 e. The molecule has 0 saturated heterocycles. The molecule has 0 fully saturated rings. The van der Waals surface area contributed by atoms with Crippen molar-refractivity contribution in [3.8, 4) is 5.69 Å². The molecule has 1 amide bonds. The van der Waals surface area contributed by atoms with Gasteiger partial charge in [0.25, 0.3) is 5.91 Å². The summed E-state index contributed by atoms with van der Waals surface area (Å²) in [6, 6.07) is 15.3. The number of halogens is 1. The maximum Gasteiger partial charge on any atom is 0.279 e. The summed E-state index contributed by atoms with van der Waals surface area (Å²) >= 11 is 4.88. The molecular weight excluding hydrogens is 390 g/mol. The highest BCUT2D eigenvalue weighted by molar-refractivity contribution is 9.10. The van der Waals surface area contributed by atoms with Crippen molar-refractivity contribution < 1.29 is 4.79 Å². The molecule has 4 aromatic rings. The third-order valence-corrected chi connectivity index (χ3v) is 4.96. The minimum absolute atomic E-state index is 0.227. The molecule has 118 valence electrons. The fourth-order valence-corrected chi connectivity index (χ4v) is 3.54. The number of nitrogens with zero attached hydrogens (tertiary/aromatic N) is 4. The number of fused-ring (bicyclic) bond motifs is 1. The van der Waals surface area contributed by atoms with Gasteiger partial charge < -0.3 is 0 Å². The van der Waals surface area contributed by atoms with Gasteiger partial charge >= 0.3 is 0 Å². The zero-order chi connectivity index (χ0) is 16.5. The first-order chi connectivity index (χ1) is 11.7. The molecule has 0 spiro atoms. The van der Waals surface area contributed by atoms with Gasteiger partial charge in [0.1, 0.15) is 0 Å². The molecule has 0 bridgehead atoms. The van der Waals surface area contributed by atoms with Gasteiger partial charge in [0.2, 0.25) is 0 Å². The first kappa shape index (κ1) is 15.0. The molecule has 24 heavy (non-hydrogen) atoms. The van der Waals surface area contributed by atoms with Gasteiger partial charge in [-0.05, 0) is 40.2 Å². The van der Waals surface area contributed by atoms with Gasteiger partial charge in [-0.2, -0.15) is 0 Å². The first-order valence-corrected chi connectivity index (χ1v) is 8.66. The van der Waals surface area contributed by atoms with Crippen molar-refractivity contribution in [1.82, 2.24) is 20.0 Å². The van der Waals surface area contributed by atoms with Crippen LogP contribution in [-0.2, 0) is 0 Å². The molecule has 0 aliphatic rings. The van der Waals surface area contributed by atoms with Crippen LogP contribution in [0, 0.1) is 0 Å². The average Bonchev–Trinajstić information content (AvgIpc) is 3.21. The molecule has 0 radical (unpaired) electrons. The molecule has 2 heterocycles. The van der Waals surface area contributed by atoms with E-state index >= 15 is 0 Å². The molecule has 0 aliphatic carbocycles. The van der Waals surface area contributed by atoms with Gasteiger partial charge in [0, 0.05) is 4.47 Å². The molecule has 1 N–H and O–H groups in total. The number of anilines is 1. The first-order valence-electron chi connectivity index (χ1n) is 7.05. The van der Waals surface area contributed by atoms with E-state index in [4.69, 9.17) is 0 Å². The maximum absolute atomic E-state index is 12.3. The van der Waals surface area contributed by atoms with Gasteiger partial charge in [-0.25, -0.2) is 9.67 Å².